The molecule has 1 unspecified atom stereocenters. The molecule has 8 heavy (non-hydrogen) atoms. The van der Waals surface area contributed by atoms with E-state index < -0.39 is 0 Å². The highest BCUT2D eigenvalue weighted by atomic mass is 32.2. The van der Waals surface area contributed by atoms with E-state index in [1.807, 2.05) is 11.8 Å². The third kappa shape index (κ3) is 1.55. The van der Waals surface area contributed by atoms with Crippen molar-refractivity contribution >= 4 is 11.8 Å². The molecule has 46 valence electrons. The van der Waals surface area contributed by atoms with Gasteiger partial charge in [-0.3, -0.25) is 0 Å². The van der Waals surface area contributed by atoms with E-state index in [1.165, 1.54) is 18.6 Å². The number of allylic oxidation sites excluding steroid dienone is 1. The Morgan fingerprint density at radius 1 is 1.75 bits per heavy atom. The van der Waals surface area contributed by atoms with Crippen molar-refractivity contribution < 1.29 is 0 Å². The largest absolute Gasteiger partial charge is 0.134 e. The molecular formula is C7H12S. The smallest absolute Gasteiger partial charge is 0.00205 e. The van der Waals surface area contributed by atoms with Gasteiger partial charge < -0.3 is 0 Å². The van der Waals surface area contributed by atoms with Crippen LogP contribution in [0.4, 0.5) is 0 Å². The maximum atomic E-state index is 2.33. The minimum Gasteiger partial charge on any atom is -0.134 e. The Kier molecular flexibility index (Phi) is 2.47. The first-order valence-corrected chi connectivity index (χ1v) is 4.26. The van der Waals surface area contributed by atoms with Gasteiger partial charge in [0, 0.05) is 0 Å². The van der Waals surface area contributed by atoms with Gasteiger partial charge in [0.2, 0.25) is 0 Å². The summed E-state index contributed by atoms with van der Waals surface area (Å²) in [5.74, 6) is 2.21. The van der Waals surface area contributed by atoms with Crippen LogP contribution >= 0.6 is 11.8 Å². The highest BCUT2D eigenvalue weighted by Crippen LogP contribution is 2.21. The first-order valence-electron chi connectivity index (χ1n) is 3.21. The molecule has 0 fully saturated rings. The second-order valence-corrected chi connectivity index (χ2v) is 3.17. The topological polar surface area (TPSA) is 0 Å². The van der Waals surface area contributed by atoms with Crippen molar-refractivity contribution in [3.05, 3.63) is 11.5 Å². The SMILES string of the molecule is CCC1C=CSCC1. The van der Waals surface area contributed by atoms with E-state index in [0.29, 0.717) is 0 Å². The maximum absolute atomic E-state index is 2.33. The minimum absolute atomic E-state index is 0.885. The highest BCUT2D eigenvalue weighted by Gasteiger charge is 2.03. The van der Waals surface area contributed by atoms with Gasteiger partial charge in [0.15, 0.2) is 0 Å². The molecule has 1 aliphatic rings. The predicted molar refractivity (Wildman–Crippen MR) is 40.0 cm³/mol. The fraction of sp³-hybridized carbons (Fsp3) is 0.714. The molecule has 1 aliphatic heterocycles. The van der Waals surface area contributed by atoms with Crippen LogP contribution < -0.4 is 0 Å². The number of thioether (sulfide) groups is 1. The van der Waals surface area contributed by atoms with Gasteiger partial charge in [0.25, 0.3) is 0 Å². The summed E-state index contributed by atoms with van der Waals surface area (Å²) in [6.07, 6.45) is 5.03. The van der Waals surface area contributed by atoms with Crippen molar-refractivity contribution in [2.45, 2.75) is 19.8 Å². The lowest BCUT2D eigenvalue weighted by Gasteiger charge is -2.11. The summed E-state index contributed by atoms with van der Waals surface area (Å²) in [7, 11) is 0. The molecule has 0 aliphatic carbocycles. The molecule has 0 nitrogen and oxygen atoms in total. The Balaban J connectivity index is 2.32. The van der Waals surface area contributed by atoms with Crippen LogP contribution in [0.25, 0.3) is 0 Å². The van der Waals surface area contributed by atoms with Crippen LogP contribution in [0.15, 0.2) is 11.5 Å². The molecule has 1 atom stereocenters. The molecule has 1 heteroatoms. The summed E-state index contributed by atoms with van der Waals surface area (Å²) in [6.45, 7) is 2.25. The van der Waals surface area contributed by atoms with Gasteiger partial charge in [-0.2, -0.15) is 0 Å². The van der Waals surface area contributed by atoms with E-state index in [0.717, 1.165) is 5.92 Å². The van der Waals surface area contributed by atoms with E-state index in [2.05, 4.69) is 18.4 Å². The van der Waals surface area contributed by atoms with Crippen molar-refractivity contribution in [2.75, 3.05) is 5.75 Å². The Bertz CT molecular complexity index is 86.4. The molecular weight excluding hydrogens is 116 g/mol. The molecule has 0 bridgehead atoms. The van der Waals surface area contributed by atoms with Crippen LogP contribution in [-0.2, 0) is 0 Å². The summed E-state index contributed by atoms with van der Waals surface area (Å²) in [5, 5.41) is 2.23. The van der Waals surface area contributed by atoms with Crippen LogP contribution in [0.3, 0.4) is 0 Å². The lowest BCUT2D eigenvalue weighted by Crippen LogP contribution is -1.98. The molecule has 0 aromatic heterocycles. The molecule has 1 heterocycles. The second-order valence-electron chi connectivity index (χ2n) is 2.16. The average molecular weight is 128 g/mol. The molecule has 0 radical (unpaired) electrons. The monoisotopic (exact) mass is 128 g/mol. The van der Waals surface area contributed by atoms with E-state index in [1.54, 1.807) is 0 Å². The zero-order valence-corrected chi connectivity index (χ0v) is 6.08. The lowest BCUT2D eigenvalue weighted by atomic mass is 10.0. The van der Waals surface area contributed by atoms with Gasteiger partial charge in [0.05, 0.1) is 0 Å². The van der Waals surface area contributed by atoms with Crippen LogP contribution in [-0.4, -0.2) is 5.75 Å². The normalized spacial score (nSPS) is 28.4. The van der Waals surface area contributed by atoms with Crippen molar-refractivity contribution in [1.29, 1.82) is 0 Å². The summed E-state index contributed by atoms with van der Waals surface area (Å²) in [4.78, 5) is 0. The van der Waals surface area contributed by atoms with E-state index >= 15 is 0 Å². The lowest BCUT2D eigenvalue weighted by molar-refractivity contribution is 0.609. The molecule has 0 saturated heterocycles. The van der Waals surface area contributed by atoms with Crippen molar-refractivity contribution in [3.63, 3.8) is 0 Å². The summed E-state index contributed by atoms with van der Waals surface area (Å²) < 4.78 is 0. The summed E-state index contributed by atoms with van der Waals surface area (Å²) in [5.41, 5.74) is 0. The third-order valence-corrected chi connectivity index (χ3v) is 2.40. The molecule has 0 aromatic carbocycles. The number of hydrogen-bond acceptors (Lipinski definition) is 1. The van der Waals surface area contributed by atoms with E-state index in [-0.39, 0.29) is 0 Å². The standard InChI is InChI=1S/C7H12S/c1-2-7-3-5-8-6-4-7/h3,5,7H,2,4,6H2,1H3. The Morgan fingerprint density at radius 2 is 2.62 bits per heavy atom. The molecule has 0 N–H and O–H groups in total. The summed E-state index contributed by atoms with van der Waals surface area (Å²) in [6, 6.07) is 0. The molecule has 0 amide bonds. The molecule has 1 rings (SSSR count). The minimum atomic E-state index is 0.885. The number of hydrogen-bond donors (Lipinski definition) is 0. The third-order valence-electron chi connectivity index (χ3n) is 1.58. The van der Waals surface area contributed by atoms with Crippen LogP contribution in [0.1, 0.15) is 19.8 Å². The zero-order valence-electron chi connectivity index (χ0n) is 5.26. The Morgan fingerprint density at radius 3 is 3.00 bits per heavy atom. The van der Waals surface area contributed by atoms with Gasteiger partial charge in [0.1, 0.15) is 0 Å². The van der Waals surface area contributed by atoms with Gasteiger partial charge in [-0.25, -0.2) is 0 Å². The zero-order chi connectivity index (χ0) is 5.82. The van der Waals surface area contributed by atoms with Gasteiger partial charge in [-0.1, -0.05) is 13.0 Å². The average Bonchev–Trinajstić information content (AvgIpc) is 1.90. The Labute approximate surface area is 55.4 Å². The molecule has 0 saturated carbocycles. The van der Waals surface area contributed by atoms with Gasteiger partial charge in [-0.05, 0) is 29.9 Å². The Hall–Kier alpha value is 0.0900. The van der Waals surface area contributed by atoms with Crippen LogP contribution in [0.2, 0.25) is 0 Å². The van der Waals surface area contributed by atoms with Crippen molar-refractivity contribution in [2.24, 2.45) is 5.92 Å². The predicted octanol–water partition coefficient (Wildman–Crippen LogP) is 2.66. The van der Waals surface area contributed by atoms with Crippen LogP contribution in [0.5, 0.6) is 0 Å². The van der Waals surface area contributed by atoms with Crippen molar-refractivity contribution in [3.8, 4) is 0 Å². The quantitative estimate of drug-likeness (QED) is 0.523. The van der Waals surface area contributed by atoms with E-state index in [4.69, 9.17) is 0 Å². The van der Waals surface area contributed by atoms with Gasteiger partial charge >= 0.3 is 0 Å². The first-order chi connectivity index (χ1) is 3.93. The molecule has 0 aromatic rings. The second kappa shape index (κ2) is 3.18. The maximum Gasteiger partial charge on any atom is -0.00205 e. The highest BCUT2D eigenvalue weighted by molar-refractivity contribution is 8.02. The van der Waals surface area contributed by atoms with Crippen LogP contribution in [0, 0.1) is 5.92 Å². The van der Waals surface area contributed by atoms with E-state index in [9.17, 15) is 0 Å². The van der Waals surface area contributed by atoms with Crippen molar-refractivity contribution in [1.82, 2.24) is 0 Å². The first kappa shape index (κ1) is 6.21. The fourth-order valence-electron chi connectivity index (χ4n) is 0.891. The van der Waals surface area contributed by atoms with Gasteiger partial charge in [-0.15, -0.1) is 11.8 Å². The molecule has 0 spiro atoms. The fourth-order valence-corrected chi connectivity index (χ4v) is 1.80. The summed E-state index contributed by atoms with van der Waals surface area (Å²) >= 11 is 1.93. The number of rotatable bonds is 1.